The van der Waals surface area contributed by atoms with Gasteiger partial charge in [-0.25, -0.2) is 4.52 Å². The van der Waals surface area contributed by atoms with E-state index in [2.05, 4.69) is 50.8 Å². The average Bonchev–Trinajstić information content (AvgIpc) is 3.05. The van der Waals surface area contributed by atoms with E-state index in [1.165, 1.54) is 5.56 Å². The smallest absolute Gasteiger partial charge is 0.254 e. The first-order valence-electron chi connectivity index (χ1n) is 9.53. The molecule has 0 N–H and O–H groups in total. The van der Waals surface area contributed by atoms with Crippen LogP contribution in [0.15, 0.2) is 48.7 Å². The monoisotopic (exact) mass is 364 g/mol. The Balaban J connectivity index is 1.30. The van der Waals surface area contributed by atoms with Crippen molar-refractivity contribution in [1.29, 1.82) is 0 Å². The van der Waals surface area contributed by atoms with Crippen molar-refractivity contribution >= 4 is 11.6 Å². The Morgan fingerprint density at radius 3 is 2.81 bits per heavy atom. The van der Waals surface area contributed by atoms with E-state index in [0.717, 1.165) is 52.0 Å². The number of rotatable bonds is 5. The number of nitrogens with zero attached hydrogens (tertiary/aromatic N) is 6. The lowest BCUT2D eigenvalue weighted by Crippen LogP contribution is -2.35. The predicted molar refractivity (Wildman–Crippen MR) is 103 cm³/mol. The number of tetrazole rings is 1. The van der Waals surface area contributed by atoms with Gasteiger partial charge in [-0.05, 0) is 60.5 Å². The van der Waals surface area contributed by atoms with E-state index in [4.69, 9.17) is 0 Å². The van der Waals surface area contributed by atoms with Crippen molar-refractivity contribution in [2.45, 2.75) is 19.3 Å². The Labute approximate surface area is 158 Å². The zero-order chi connectivity index (χ0) is 18.5. The molecule has 0 atom stereocenters. The zero-order valence-electron chi connectivity index (χ0n) is 15.4. The van der Waals surface area contributed by atoms with Crippen LogP contribution in [0.4, 0.5) is 0 Å². The van der Waals surface area contributed by atoms with E-state index in [-0.39, 0.29) is 5.91 Å². The maximum Gasteiger partial charge on any atom is 0.254 e. The minimum absolute atomic E-state index is 0.0617. The lowest BCUT2D eigenvalue weighted by Gasteiger charge is -2.22. The van der Waals surface area contributed by atoms with Gasteiger partial charge < -0.3 is 9.80 Å². The molecule has 7 nitrogen and oxygen atoms in total. The molecular weight excluding hydrogens is 340 g/mol. The topological polar surface area (TPSA) is 66.6 Å². The third-order valence-electron chi connectivity index (χ3n) is 5.10. The van der Waals surface area contributed by atoms with Crippen LogP contribution in [0.1, 0.15) is 28.8 Å². The van der Waals surface area contributed by atoms with Gasteiger partial charge in [0, 0.05) is 31.4 Å². The standard InChI is InChI=1S/C20H24N6O/c27-20(18-9-13-26-19(16-18)21-22-23-26)25-12-5-11-24(14-15-25)10-4-8-17-6-2-1-3-7-17/h1-3,6-7,9,13,16H,4-5,8,10-12,14-15H2. The maximum absolute atomic E-state index is 12.9. The molecule has 0 aliphatic carbocycles. The van der Waals surface area contributed by atoms with Crippen LogP contribution in [0, 0.1) is 0 Å². The third-order valence-corrected chi connectivity index (χ3v) is 5.10. The number of carbonyl (C=O) groups excluding carboxylic acids is 1. The molecule has 1 fully saturated rings. The van der Waals surface area contributed by atoms with E-state index in [1.807, 2.05) is 4.90 Å². The fraction of sp³-hybridized carbons (Fsp3) is 0.400. The van der Waals surface area contributed by atoms with Gasteiger partial charge in [0.2, 0.25) is 0 Å². The second kappa shape index (κ2) is 8.26. The fourth-order valence-electron chi connectivity index (χ4n) is 3.60. The minimum atomic E-state index is 0.0617. The molecule has 3 aromatic rings. The van der Waals surface area contributed by atoms with Crippen molar-refractivity contribution in [3.8, 4) is 0 Å². The largest absolute Gasteiger partial charge is 0.337 e. The van der Waals surface area contributed by atoms with Gasteiger partial charge in [0.25, 0.3) is 5.91 Å². The van der Waals surface area contributed by atoms with Gasteiger partial charge in [0.15, 0.2) is 5.65 Å². The number of hydrogen-bond donors (Lipinski definition) is 0. The molecule has 1 aliphatic heterocycles. The van der Waals surface area contributed by atoms with Crippen LogP contribution in [-0.2, 0) is 6.42 Å². The number of pyridine rings is 1. The van der Waals surface area contributed by atoms with Gasteiger partial charge in [0.1, 0.15) is 0 Å². The van der Waals surface area contributed by atoms with Crippen LogP contribution in [0.2, 0.25) is 0 Å². The molecule has 0 saturated carbocycles. The summed E-state index contributed by atoms with van der Waals surface area (Å²) in [6.45, 7) is 4.61. The first-order valence-corrected chi connectivity index (χ1v) is 9.53. The molecule has 0 spiro atoms. The first kappa shape index (κ1) is 17.6. The van der Waals surface area contributed by atoms with Crippen LogP contribution < -0.4 is 0 Å². The highest BCUT2D eigenvalue weighted by atomic mass is 16.2. The number of amides is 1. The van der Waals surface area contributed by atoms with Crippen molar-refractivity contribution in [1.82, 2.24) is 29.8 Å². The Morgan fingerprint density at radius 2 is 1.93 bits per heavy atom. The van der Waals surface area contributed by atoms with Crippen molar-refractivity contribution in [3.05, 3.63) is 59.8 Å². The molecule has 0 unspecified atom stereocenters. The van der Waals surface area contributed by atoms with Gasteiger partial charge in [-0.1, -0.05) is 30.3 Å². The van der Waals surface area contributed by atoms with Gasteiger partial charge in [0.05, 0.1) is 0 Å². The Morgan fingerprint density at radius 1 is 1.04 bits per heavy atom. The van der Waals surface area contributed by atoms with E-state index in [9.17, 15) is 4.79 Å². The zero-order valence-corrected chi connectivity index (χ0v) is 15.4. The summed E-state index contributed by atoms with van der Waals surface area (Å²) in [5, 5.41) is 11.4. The van der Waals surface area contributed by atoms with E-state index in [0.29, 0.717) is 11.2 Å². The Bertz CT molecular complexity index is 894. The molecule has 1 aliphatic rings. The number of aryl methyl sites for hydroxylation is 1. The van der Waals surface area contributed by atoms with Crippen molar-refractivity contribution in [2.75, 3.05) is 32.7 Å². The lowest BCUT2D eigenvalue weighted by atomic mass is 10.1. The van der Waals surface area contributed by atoms with Gasteiger partial charge >= 0.3 is 0 Å². The summed E-state index contributed by atoms with van der Waals surface area (Å²) in [5.41, 5.74) is 2.63. The molecule has 4 rings (SSSR count). The maximum atomic E-state index is 12.9. The van der Waals surface area contributed by atoms with Crippen LogP contribution in [0.3, 0.4) is 0 Å². The number of carbonyl (C=O) groups is 1. The number of hydrogen-bond acceptors (Lipinski definition) is 5. The van der Waals surface area contributed by atoms with Gasteiger partial charge in [-0.2, -0.15) is 0 Å². The predicted octanol–water partition coefficient (Wildman–Crippen LogP) is 1.91. The van der Waals surface area contributed by atoms with Crippen LogP contribution >= 0.6 is 0 Å². The molecule has 1 saturated heterocycles. The second-order valence-corrected chi connectivity index (χ2v) is 6.97. The van der Waals surface area contributed by atoms with Crippen molar-refractivity contribution < 1.29 is 4.79 Å². The minimum Gasteiger partial charge on any atom is -0.337 e. The molecule has 1 aromatic carbocycles. The van der Waals surface area contributed by atoms with Crippen LogP contribution in [0.5, 0.6) is 0 Å². The van der Waals surface area contributed by atoms with E-state index in [1.54, 1.807) is 22.8 Å². The second-order valence-electron chi connectivity index (χ2n) is 6.97. The van der Waals surface area contributed by atoms with E-state index >= 15 is 0 Å². The Kier molecular flexibility index (Phi) is 5.39. The van der Waals surface area contributed by atoms with Crippen molar-refractivity contribution in [3.63, 3.8) is 0 Å². The summed E-state index contributed by atoms with van der Waals surface area (Å²) < 4.78 is 1.56. The lowest BCUT2D eigenvalue weighted by molar-refractivity contribution is 0.0761. The first-order chi connectivity index (χ1) is 13.3. The molecule has 1 amide bonds. The summed E-state index contributed by atoms with van der Waals surface area (Å²) in [7, 11) is 0. The summed E-state index contributed by atoms with van der Waals surface area (Å²) in [4.78, 5) is 17.3. The SMILES string of the molecule is O=C(c1ccn2nnnc2c1)N1CCCN(CCCc2ccccc2)CC1. The molecule has 3 heterocycles. The molecule has 2 aromatic heterocycles. The molecule has 140 valence electrons. The van der Waals surface area contributed by atoms with Gasteiger partial charge in [-0.15, -0.1) is 5.10 Å². The highest BCUT2D eigenvalue weighted by Crippen LogP contribution is 2.12. The summed E-state index contributed by atoms with van der Waals surface area (Å²) in [6, 6.07) is 14.2. The quantitative estimate of drug-likeness (QED) is 0.692. The number of fused-ring (bicyclic) bond motifs is 1. The normalized spacial score (nSPS) is 15.8. The highest BCUT2D eigenvalue weighted by Gasteiger charge is 2.20. The fourth-order valence-corrected chi connectivity index (χ4v) is 3.60. The third kappa shape index (κ3) is 4.31. The highest BCUT2D eigenvalue weighted by molar-refractivity contribution is 5.95. The van der Waals surface area contributed by atoms with Crippen LogP contribution in [-0.4, -0.2) is 68.5 Å². The summed E-state index contributed by atoms with van der Waals surface area (Å²) in [6.07, 6.45) is 4.99. The van der Waals surface area contributed by atoms with Gasteiger partial charge in [-0.3, -0.25) is 4.79 Å². The molecular formula is C20H24N6O. The molecule has 27 heavy (non-hydrogen) atoms. The molecule has 7 heteroatoms. The summed E-state index contributed by atoms with van der Waals surface area (Å²) in [5.74, 6) is 0.0617. The molecule has 0 bridgehead atoms. The molecule has 0 radical (unpaired) electrons. The van der Waals surface area contributed by atoms with E-state index < -0.39 is 0 Å². The summed E-state index contributed by atoms with van der Waals surface area (Å²) >= 11 is 0. The Hall–Kier alpha value is -2.80. The van der Waals surface area contributed by atoms with Crippen molar-refractivity contribution in [2.24, 2.45) is 0 Å². The van der Waals surface area contributed by atoms with Crippen LogP contribution in [0.25, 0.3) is 5.65 Å². The number of aromatic nitrogens is 4. The number of benzene rings is 1. The average molecular weight is 364 g/mol.